The summed E-state index contributed by atoms with van der Waals surface area (Å²) in [5.41, 5.74) is 8.25. The summed E-state index contributed by atoms with van der Waals surface area (Å²) in [5.74, 6) is 0.550. The number of halogens is 1. The minimum atomic E-state index is -0.440. The number of benzene rings is 1. The first kappa shape index (κ1) is 13.1. The molecule has 0 atom stereocenters. The van der Waals surface area contributed by atoms with Crippen LogP contribution in [0.2, 0.25) is 0 Å². The Hall–Kier alpha value is -2.89. The van der Waals surface area contributed by atoms with Crippen molar-refractivity contribution in [2.75, 3.05) is 12.8 Å². The van der Waals surface area contributed by atoms with Crippen LogP contribution >= 0.6 is 0 Å². The number of ether oxygens (including phenoxy) is 1. The Kier molecular flexibility index (Phi) is 3.27. The van der Waals surface area contributed by atoms with E-state index >= 15 is 0 Å². The first-order valence-electron chi connectivity index (χ1n) is 6.29. The van der Waals surface area contributed by atoms with Gasteiger partial charge in [-0.05, 0) is 23.8 Å². The molecule has 0 aliphatic heterocycles. The van der Waals surface area contributed by atoms with Gasteiger partial charge in [-0.25, -0.2) is 4.39 Å². The van der Waals surface area contributed by atoms with E-state index in [9.17, 15) is 4.39 Å². The second-order valence-corrected chi connectivity index (χ2v) is 4.45. The van der Waals surface area contributed by atoms with Crippen molar-refractivity contribution in [3.8, 4) is 28.1 Å². The summed E-state index contributed by atoms with van der Waals surface area (Å²) in [4.78, 5) is 3.75. The van der Waals surface area contributed by atoms with Gasteiger partial charge in [-0.1, -0.05) is 12.1 Å². The minimum absolute atomic E-state index is 0.300. The highest BCUT2D eigenvalue weighted by Crippen LogP contribution is 2.36. The number of H-pyrrole nitrogens is 1. The molecule has 3 rings (SSSR count). The van der Waals surface area contributed by atoms with Crippen molar-refractivity contribution in [1.29, 1.82) is 0 Å². The molecular weight excluding hydrogens is 271 g/mol. The molecular formula is C15H13FN4O. The average molecular weight is 284 g/mol. The third kappa shape index (κ3) is 2.31. The molecule has 0 radical (unpaired) electrons. The fourth-order valence-electron chi connectivity index (χ4n) is 2.20. The molecule has 3 aromatic rings. The Morgan fingerprint density at radius 2 is 2.14 bits per heavy atom. The monoisotopic (exact) mass is 284 g/mol. The minimum Gasteiger partial charge on any atom is -0.497 e. The van der Waals surface area contributed by atoms with Crippen LogP contribution in [-0.4, -0.2) is 22.3 Å². The average Bonchev–Trinajstić information content (AvgIpc) is 2.89. The standard InChI is InChI=1S/C15H13FN4O/c1-21-10-4-2-3-9(7-10)13-14(19-20-15(13)17)11-5-6-18-8-12(11)16/h2-8H,1H3,(H3,17,19,20). The molecule has 2 heterocycles. The molecule has 0 saturated heterocycles. The highest BCUT2D eigenvalue weighted by molar-refractivity contribution is 5.88. The van der Waals surface area contributed by atoms with Crippen LogP contribution in [0, 0.1) is 5.82 Å². The second-order valence-electron chi connectivity index (χ2n) is 4.45. The number of pyridine rings is 1. The zero-order valence-electron chi connectivity index (χ0n) is 11.3. The molecule has 3 N–H and O–H groups in total. The van der Waals surface area contributed by atoms with Gasteiger partial charge in [0.2, 0.25) is 0 Å². The van der Waals surface area contributed by atoms with E-state index in [0.717, 1.165) is 11.8 Å². The highest BCUT2D eigenvalue weighted by atomic mass is 19.1. The lowest BCUT2D eigenvalue weighted by Crippen LogP contribution is -1.91. The molecule has 0 saturated carbocycles. The summed E-state index contributed by atoms with van der Waals surface area (Å²) < 4.78 is 19.2. The van der Waals surface area contributed by atoms with Crippen molar-refractivity contribution in [3.63, 3.8) is 0 Å². The van der Waals surface area contributed by atoms with Gasteiger partial charge in [0.05, 0.1) is 24.6 Å². The van der Waals surface area contributed by atoms with Crippen LogP contribution in [0.5, 0.6) is 5.75 Å². The molecule has 0 bridgehead atoms. The highest BCUT2D eigenvalue weighted by Gasteiger charge is 2.17. The van der Waals surface area contributed by atoms with Crippen molar-refractivity contribution < 1.29 is 9.13 Å². The normalized spacial score (nSPS) is 10.6. The molecule has 21 heavy (non-hydrogen) atoms. The Bertz CT molecular complexity index is 785. The lowest BCUT2D eigenvalue weighted by molar-refractivity contribution is 0.415. The number of nitrogens with zero attached hydrogens (tertiary/aromatic N) is 2. The van der Waals surface area contributed by atoms with E-state index in [1.165, 1.54) is 6.20 Å². The number of nitrogen functional groups attached to an aromatic ring is 1. The van der Waals surface area contributed by atoms with E-state index in [0.29, 0.717) is 28.4 Å². The van der Waals surface area contributed by atoms with Gasteiger partial charge in [0.1, 0.15) is 5.75 Å². The van der Waals surface area contributed by atoms with E-state index in [1.807, 2.05) is 24.3 Å². The second kappa shape index (κ2) is 5.24. The van der Waals surface area contributed by atoms with Gasteiger partial charge in [-0.15, -0.1) is 0 Å². The Balaban J connectivity index is 2.20. The fourth-order valence-corrected chi connectivity index (χ4v) is 2.20. The number of nitrogens with one attached hydrogen (secondary N) is 1. The van der Waals surface area contributed by atoms with Crippen LogP contribution in [0.4, 0.5) is 10.2 Å². The summed E-state index contributed by atoms with van der Waals surface area (Å²) in [6, 6.07) is 8.93. The number of rotatable bonds is 3. The number of anilines is 1. The van der Waals surface area contributed by atoms with Crippen LogP contribution in [0.25, 0.3) is 22.4 Å². The van der Waals surface area contributed by atoms with Crippen LogP contribution in [0.1, 0.15) is 0 Å². The SMILES string of the molecule is COc1cccc(-c2c(N)n[nH]c2-c2ccncc2F)c1. The van der Waals surface area contributed by atoms with Gasteiger partial charge in [0, 0.05) is 11.8 Å². The maximum Gasteiger partial charge on any atom is 0.153 e. The van der Waals surface area contributed by atoms with E-state index in [2.05, 4.69) is 15.2 Å². The molecule has 2 aromatic heterocycles. The zero-order valence-corrected chi connectivity index (χ0v) is 11.3. The molecule has 0 unspecified atom stereocenters. The quantitative estimate of drug-likeness (QED) is 0.775. The van der Waals surface area contributed by atoms with E-state index in [1.54, 1.807) is 13.2 Å². The van der Waals surface area contributed by atoms with Gasteiger partial charge < -0.3 is 10.5 Å². The summed E-state index contributed by atoms with van der Waals surface area (Å²) >= 11 is 0. The topological polar surface area (TPSA) is 76.8 Å². The smallest absolute Gasteiger partial charge is 0.153 e. The Labute approximate surface area is 120 Å². The van der Waals surface area contributed by atoms with Gasteiger partial charge in [-0.3, -0.25) is 10.1 Å². The number of aromatic nitrogens is 3. The van der Waals surface area contributed by atoms with Crippen molar-refractivity contribution in [3.05, 3.63) is 48.5 Å². The zero-order chi connectivity index (χ0) is 14.8. The lowest BCUT2D eigenvalue weighted by atomic mass is 10.0. The molecule has 6 heteroatoms. The third-order valence-corrected chi connectivity index (χ3v) is 3.19. The van der Waals surface area contributed by atoms with Crippen LogP contribution in [-0.2, 0) is 0 Å². The van der Waals surface area contributed by atoms with Crippen molar-refractivity contribution in [2.24, 2.45) is 0 Å². The predicted octanol–water partition coefficient (Wildman–Crippen LogP) is 2.87. The van der Waals surface area contributed by atoms with Crippen molar-refractivity contribution in [1.82, 2.24) is 15.2 Å². The first-order chi connectivity index (χ1) is 10.2. The predicted molar refractivity (Wildman–Crippen MR) is 78.2 cm³/mol. The molecule has 106 valence electrons. The third-order valence-electron chi connectivity index (χ3n) is 3.19. The van der Waals surface area contributed by atoms with Gasteiger partial charge in [0.15, 0.2) is 11.6 Å². The summed E-state index contributed by atoms with van der Waals surface area (Å²) in [7, 11) is 1.58. The lowest BCUT2D eigenvalue weighted by Gasteiger charge is -2.07. The van der Waals surface area contributed by atoms with Gasteiger partial charge in [0.25, 0.3) is 0 Å². The maximum absolute atomic E-state index is 13.9. The molecule has 1 aromatic carbocycles. The first-order valence-corrected chi connectivity index (χ1v) is 6.29. The van der Waals surface area contributed by atoms with E-state index in [4.69, 9.17) is 10.5 Å². The van der Waals surface area contributed by atoms with Gasteiger partial charge in [-0.2, -0.15) is 5.10 Å². The van der Waals surface area contributed by atoms with E-state index in [-0.39, 0.29) is 0 Å². The molecule has 0 aliphatic rings. The summed E-state index contributed by atoms with van der Waals surface area (Å²) in [6.07, 6.45) is 2.67. The van der Waals surface area contributed by atoms with Gasteiger partial charge >= 0.3 is 0 Å². The van der Waals surface area contributed by atoms with Crippen LogP contribution in [0.3, 0.4) is 0 Å². The number of hydrogen-bond acceptors (Lipinski definition) is 4. The maximum atomic E-state index is 13.9. The van der Waals surface area contributed by atoms with E-state index < -0.39 is 5.82 Å². The number of methoxy groups -OCH3 is 1. The molecule has 5 nitrogen and oxygen atoms in total. The number of nitrogens with two attached hydrogens (primary N) is 1. The Morgan fingerprint density at radius 3 is 2.90 bits per heavy atom. The molecule has 0 fully saturated rings. The molecule has 0 amide bonds. The van der Waals surface area contributed by atoms with Crippen molar-refractivity contribution >= 4 is 5.82 Å². The largest absolute Gasteiger partial charge is 0.497 e. The molecule has 0 spiro atoms. The molecule has 0 aliphatic carbocycles. The van der Waals surface area contributed by atoms with Crippen LogP contribution in [0.15, 0.2) is 42.7 Å². The summed E-state index contributed by atoms with van der Waals surface area (Å²) in [6.45, 7) is 0. The summed E-state index contributed by atoms with van der Waals surface area (Å²) in [5, 5.41) is 6.77. The van der Waals surface area contributed by atoms with Crippen molar-refractivity contribution in [2.45, 2.75) is 0 Å². The Morgan fingerprint density at radius 1 is 1.29 bits per heavy atom. The number of hydrogen-bond donors (Lipinski definition) is 2. The van der Waals surface area contributed by atoms with Crippen LogP contribution < -0.4 is 10.5 Å². The fraction of sp³-hybridized carbons (Fsp3) is 0.0667. The number of aromatic amines is 1.